The van der Waals surface area contributed by atoms with Crippen molar-refractivity contribution in [3.63, 3.8) is 0 Å². The average Bonchev–Trinajstić information content (AvgIpc) is 3.03. The highest BCUT2D eigenvalue weighted by molar-refractivity contribution is 7.80. The van der Waals surface area contributed by atoms with Gasteiger partial charge in [0.25, 0.3) is 11.8 Å². The van der Waals surface area contributed by atoms with Crippen LogP contribution in [-0.4, -0.2) is 16.9 Å². The van der Waals surface area contributed by atoms with E-state index in [1.165, 1.54) is 4.90 Å². The van der Waals surface area contributed by atoms with Gasteiger partial charge < -0.3 is 0 Å². The molecule has 2 amide bonds. The molecule has 0 unspecified atom stereocenters. The Kier molecular flexibility index (Phi) is 4.32. The van der Waals surface area contributed by atoms with Crippen LogP contribution in [0.4, 0.5) is 5.69 Å². The van der Waals surface area contributed by atoms with Crippen LogP contribution in [0.1, 0.15) is 5.56 Å². The maximum Gasteiger partial charge on any atom is 0.270 e. The fraction of sp³-hybridized carbons (Fsp3) is 0. The second-order valence-corrected chi connectivity index (χ2v) is 7.36. The zero-order chi connectivity index (χ0) is 18.3. The Hall–Kier alpha value is -2.54. The molecule has 1 fully saturated rings. The van der Waals surface area contributed by atoms with Crippen LogP contribution in [0.15, 0.2) is 59.5 Å². The fourth-order valence-corrected chi connectivity index (χ4v) is 4.07. The first-order chi connectivity index (χ1) is 12.5. The Labute approximate surface area is 163 Å². The molecular weight excluding hydrogens is 388 g/mol. The van der Waals surface area contributed by atoms with E-state index in [1.807, 2.05) is 29.6 Å². The third-order valence-corrected chi connectivity index (χ3v) is 5.52. The van der Waals surface area contributed by atoms with E-state index < -0.39 is 11.8 Å². The van der Waals surface area contributed by atoms with E-state index in [2.05, 4.69) is 5.32 Å². The Morgan fingerprint density at radius 3 is 2.58 bits per heavy atom. The van der Waals surface area contributed by atoms with E-state index in [1.54, 1.807) is 41.7 Å². The summed E-state index contributed by atoms with van der Waals surface area (Å²) < 4.78 is 1.09. The number of hydrogen-bond acceptors (Lipinski definition) is 4. The van der Waals surface area contributed by atoms with Crippen LogP contribution in [0.3, 0.4) is 0 Å². The number of nitrogens with zero attached hydrogens (tertiary/aromatic N) is 1. The number of carbonyl (C=O) groups is 2. The van der Waals surface area contributed by atoms with Crippen molar-refractivity contribution in [2.45, 2.75) is 0 Å². The van der Waals surface area contributed by atoms with Gasteiger partial charge in [-0.25, -0.2) is 0 Å². The SMILES string of the molecule is O=C1NC(=S)N(c2ccc(Cl)cc2)C(=O)/C1=C/c1csc2ccccc12. The highest BCUT2D eigenvalue weighted by Crippen LogP contribution is 2.29. The highest BCUT2D eigenvalue weighted by atomic mass is 35.5. The van der Waals surface area contributed by atoms with Crippen molar-refractivity contribution in [1.29, 1.82) is 0 Å². The summed E-state index contributed by atoms with van der Waals surface area (Å²) in [5.74, 6) is -0.961. The zero-order valence-electron chi connectivity index (χ0n) is 13.2. The summed E-state index contributed by atoms with van der Waals surface area (Å²) in [6.45, 7) is 0. The van der Waals surface area contributed by atoms with Gasteiger partial charge in [0, 0.05) is 9.72 Å². The molecule has 1 aliphatic rings. The number of halogens is 1. The number of amides is 2. The number of nitrogens with one attached hydrogen (secondary N) is 1. The van der Waals surface area contributed by atoms with Crippen LogP contribution < -0.4 is 10.2 Å². The van der Waals surface area contributed by atoms with Crippen LogP contribution >= 0.6 is 35.2 Å². The van der Waals surface area contributed by atoms with Crippen LogP contribution in [0.2, 0.25) is 5.02 Å². The van der Waals surface area contributed by atoms with E-state index in [0.29, 0.717) is 10.7 Å². The smallest absolute Gasteiger partial charge is 0.270 e. The molecule has 1 aliphatic heterocycles. The normalized spacial score (nSPS) is 16.4. The van der Waals surface area contributed by atoms with Gasteiger partial charge in [-0.2, -0.15) is 0 Å². The molecule has 1 aromatic heterocycles. The van der Waals surface area contributed by atoms with Gasteiger partial charge in [-0.15, -0.1) is 11.3 Å². The van der Waals surface area contributed by atoms with Crippen molar-refractivity contribution in [1.82, 2.24) is 5.32 Å². The standard InChI is InChI=1S/C19H11ClN2O2S2/c20-12-5-7-13(8-6-12)22-18(24)15(17(23)21-19(22)25)9-11-10-26-16-4-2-1-3-14(11)16/h1-10H,(H,21,23,25)/b15-9+. The van der Waals surface area contributed by atoms with Crippen molar-refractivity contribution in [3.05, 3.63) is 70.1 Å². The third kappa shape index (κ3) is 2.92. The summed E-state index contributed by atoms with van der Waals surface area (Å²) in [5.41, 5.74) is 1.41. The number of carbonyl (C=O) groups excluding carboxylic acids is 2. The Balaban J connectivity index is 1.78. The molecule has 0 saturated carbocycles. The predicted octanol–water partition coefficient (Wildman–Crippen LogP) is 4.39. The van der Waals surface area contributed by atoms with Crippen molar-refractivity contribution in [2.75, 3.05) is 4.90 Å². The first-order valence-corrected chi connectivity index (χ1v) is 9.34. The van der Waals surface area contributed by atoms with Gasteiger partial charge in [0.15, 0.2) is 5.11 Å². The molecule has 128 valence electrons. The Morgan fingerprint density at radius 2 is 1.81 bits per heavy atom. The second kappa shape index (κ2) is 6.64. The monoisotopic (exact) mass is 398 g/mol. The predicted molar refractivity (Wildman–Crippen MR) is 109 cm³/mol. The van der Waals surface area contributed by atoms with Crippen molar-refractivity contribution >= 4 is 73.9 Å². The van der Waals surface area contributed by atoms with E-state index in [-0.39, 0.29) is 10.7 Å². The fourth-order valence-electron chi connectivity index (χ4n) is 2.75. The summed E-state index contributed by atoms with van der Waals surface area (Å²) in [7, 11) is 0. The van der Waals surface area contributed by atoms with Crippen LogP contribution in [0, 0.1) is 0 Å². The quantitative estimate of drug-likeness (QED) is 0.396. The topological polar surface area (TPSA) is 49.4 Å². The highest BCUT2D eigenvalue weighted by Gasteiger charge is 2.34. The Morgan fingerprint density at radius 1 is 1.08 bits per heavy atom. The number of hydrogen-bond donors (Lipinski definition) is 1. The molecule has 4 nitrogen and oxygen atoms in total. The summed E-state index contributed by atoms with van der Waals surface area (Å²) >= 11 is 12.7. The maximum absolute atomic E-state index is 13.0. The van der Waals surface area contributed by atoms with Crippen LogP contribution in [-0.2, 0) is 9.59 Å². The number of benzene rings is 2. The first-order valence-electron chi connectivity index (χ1n) is 7.68. The van der Waals surface area contributed by atoms with E-state index in [4.69, 9.17) is 23.8 Å². The summed E-state index contributed by atoms with van der Waals surface area (Å²) in [6.07, 6.45) is 1.61. The van der Waals surface area contributed by atoms with E-state index in [0.717, 1.165) is 15.6 Å². The van der Waals surface area contributed by atoms with Gasteiger partial charge >= 0.3 is 0 Å². The number of fused-ring (bicyclic) bond motifs is 1. The molecule has 0 spiro atoms. The molecule has 1 saturated heterocycles. The van der Waals surface area contributed by atoms with Crippen LogP contribution in [0.5, 0.6) is 0 Å². The number of thiophene rings is 1. The molecule has 2 heterocycles. The molecule has 1 N–H and O–H groups in total. The van der Waals surface area contributed by atoms with Gasteiger partial charge in [0.05, 0.1) is 5.69 Å². The van der Waals surface area contributed by atoms with Crippen molar-refractivity contribution in [3.8, 4) is 0 Å². The van der Waals surface area contributed by atoms with Crippen molar-refractivity contribution < 1.29 is 9.59 Å². The number of thiocarbonyl (C=S) groups is 1. The molecule has 7 heteroatoms. The first kappa shape index (κ1) is 16.9. The van der Waals surface area contributed by atoms with Crippen LogP contribution in [0.25, 0.3) is 16.2 Å². The minimum absolute atomic E-state index is 0.0390. The van der Waals surface area contributed by atoms with E-state index >= 15 is 0 Å². The summed E-state index contributed by atoms with van der Waals surface area (Å²) in [6, 6.07) is 14.5. The molecule has 0 aliphatic carbocycles. The van der Waals surface area contributed by atoms with Gasteiger partial charge in [0.2, 0.25) is 0 Å². The maximum atomic E-state index is 13.0. The zero-order valence-corrected chi connectivity index (χ0v) is 15.6. The van der Waals surface area contributed by atoms with E-state index in [9.17, 15) is 9.59 Å². The van der Waals surface area contributed by atoms with Gasteiger partial charge in [0.1, 0.15) is 5.57 Å². The second-order valence-electron chi connectivity index (χ2n) is 5.62. The lowest BCUT2D eigenvalue weighted by Gasteiger charge is -2.28. The minimum atomic E-state index is -0.500. The lowest BCUT2D eigenvalue weighted by Crippen LogP contribution is -2.54. The summed E-state index contributed by atoms with van der Waals surface area (Å²) in [4.78, 5) is 26.6. The number of anilines is 1. The molecule has 2 aromatic carbocycles. The largest absolute Gasteiger partial charge is 0.298 e. The number of rotatable bonds is 2. The molecule has 26 heavy (non-hydrogen) atoms. The minimum Gasteiger partial charge on any atom is -0.298 e. The van der Waals surface area contributed by atoms with Gasteiger partial charge in [-0.3, -0.25) is 19.8 Å². The summed E-state index contributed by atoms with van der Waals surface area (Å²) in [5, 5.41) is 6.11. The van der Waals surface area contributed by atoms with Crippen molar-refractivity contribution in [2.24, 2.45) is 0 Å². The van der Waals surface area contributed by atoms with Gasteiger partial charge in [-0.1, -0.05) is 29.8 Å². The lowest BCUT2D eigenvalue weighted by molar-refractivity contribution is -0.122. The molecule has 0 radical (unpaired) electrons. The molecule has 4 rings (SSSR count). The molecule has 0 bridgehead atoms. The third-order valence-electron chi connectivity index (χ3n) is 4.00. The Bertz CT molecular complexity index is 1090. The molecule has 0 atom stereocenters. The molecular formula is C19H11ClN2O2S2. The van der Waals surface area contributed by atoms with Gasteiger partial charge in [-0.05, 0) is 65.0 Å². The molecule has 3 aromatic rings. The average molecular weight is 399 g/mol. The lowest BCUT2D eigenvalue weighted by atomic mass is 10.1.